The molecule has 1 aliphatic rings. The minimum atomic E-state index is -0.767. The predicted molar refractivity (Wildman–Crippen MR) is 48.5 cm³/mol. The van der Waals surface area contributed by atoms with Crippen molar-refractivity contribution in [3.05, 3.63) is 0 Å². The van der Waals surface area contributed by atoms with E-state index in [-0.39, 0.29) is 18.6 Å². The molecule has 0 amide bonds. The van der Waals surface area contributed by atoms with E-state index in [2.05, 4.69) is 4.90 Å². The zero-order valence-electron chi connectivity index (χ0n) is 7.94. The van der Waals surface area contributed by atoms with Crippen molar-refractivity contribution < 1.29 is 15.0 Å². The minimum Gasteiger partial charge on any atom is -0.481 e. The first-order valence-electron chi connectivity index (χ1n) is 4.75. The van der Waals surface area contributed by atoms with Gasteiger partial charge in [0.2, 0.25) is 0 Å². The number of rotatable bonds is 4. The highest BCUT2D eigenvalue weighted by Gasteiger charge is 2.27. The Kier molecular flexibility index (Phi) is 3.69. The van der Waals surface area contributed by atoms with Crippen LogP contribution in [0.5, 0.6) is 0 Å². The molecule has 0 radical (unpaired) electrons. The summed E-state index contributed by atoms with van der Waals surface area (Å²) in [6, 6.07) is 0.166. The average molecular weight is 187 g/mol. The van der Waals surface area contributed by atoms with E-state index in [1.165, 1.54) is 0 Å². The molecule has 0 bridgehead atoms. The fraction of sp³-hybridized carbons (Fsp3) is 0.889. The Morgan fingerprint density at radius 2 is 2.38 bits per heavy atom. The largest absolute Gasteiger partial charge is 0.481 e. The summed E-state index contributed by atoms with van der Waals surface area (Å²) in [6.45, 7) is 3.25. The van der Waals surface area contributed by atoms with Gasteiger partial charge in [-0.2, -0.15) is 0 Å². The normalized spacial score (nSPS) is 26.2. The van der Waals surface area contributed by atoms with Crippen molar-refractivity contribution in [2.45, 2.75) is 38.3 Å². The van der Waals surface area contributed by atoms with Crippen molar-refractivity contribution in [1.29, 1.82) is 0 Å². The number of carboxylic acid groups (broad SMARTS) is 1. The Hall–Kier alpha value is -0.610. The molecule has 0 unspecified atom stereocenters. The Morgan fingerprint density at radius 3 is 2.92 bits per heavy atom. The van der Waals surface area contributed by atoms with Crippen molar-refractivity contribution in [3.8, 4) is 0 Å². The molecule has 0 saturated carbocycles. The molecule has 2 N–H and O–H groups in total. The second-order valence-electron chi connectivity index (χ2n) is 3.63. The summed E-state index contributed by atoms with van der Waals surface area (Å²) in [6.07, 6.45) is 1.87. The van der Waals surface area contributed by atoms with E-state index in [1.807, 2.05) is 0 Å². The van der Waals surface area contributed by atoms with Gasteiger partial charge >= 0.3 is 5.97 Å². The molecule has 1 saturated heterocycles. The fourth-order valence-corrected chi connectivity index (χ4v) is 1.92. The Balaban J connectivity index is 2.35. The second kappa shape index (κ2) is 4.58. The van der Waals surface area contributed by atoms with Crippen LogP contribution >= 0.6 is 0 Å². The monoisotopic (exact) mass is 187 g/mol. The van der Waals surface area contributed by atoms with Gasteiger partial charge < -0.3 is 10.2 Å². The molecule has 1 heterocycles. The van der Waals surface area contributed by atoms with Gasteiger partial charge in [0.1, 0.15) is 0 Å². The SMILES string of the molecule is C[C@H](O)[C@H]1CCCN1CCC(=O)O. The topological polar surface area (TPSA) is 60.8 Å². The lowest BCUT2D eigenvalue weighted by Crippen LogP contribution is -2.38. The van der Waals surface area contributed by atoms with Crippen molar-refractivity contribution in [3.63, 3.8) is 0 Å². The van der Waals surface area contributed by atoms with Crippen LogP contribution in [-0.2, 0) is 4.79 Å². The average Bonchev–Trinajstić information content (AvgIpc) is 2.47. The first-order valence-corrected chi connectivity index (χ1v) is 4.75. The maximum Gasteiger partial charge on any atom is 0.304 e. The van der Waals surface area contributed by atoms with Gasteiger partial charge in [-0.3, -0.25) is 9.69 Å². The molecule has 2 atom stereocenters. The third kappa shape index (κ3) is 2.97. The number of nitrogens with zero attached hydrogens (tertiary/aromatic N) is 1. The van der Waals surface area contributed by atoms with Gasteiger partial charge in [0.15, 0.2) is 0 Å². The summed E-state index contributed by atoms with van der Waals surface area (Å²) < 4.78 is 0. The van der Waals surface area contributed by atoms with Gasteiger partial charge in [-0.05, 0) is 26.3 Å². The highest BCUT2D eigenvalue weighted by Crippen LogP contribution is 2.19. The molecular weight excluding hydrogens is 170 g/mol. The number of carbonyl (C=O) groups is 1. The molecule has 13 heavy (non-hydrogen) atoms. The number of carboxylic acids is 1. The summed E-state index contributed by atoms with van der Waals surface area (Å²) >= 11 is 0. The Morgan fingerprint density at radius 1 is 1.69 bits per heavy atom. The maximum atomic E-state index is 10.3. The highest BCUT2D eigenvalue weighted by atomic mass is 16.4. The third-order valence-corrected chi connectivity index (χ3v) is 2.58. The smallest absolute Gasteiger partial charge is 0.304 e. The molecule has 0 aromatic carbocycles. The van der Waals surface area contributed by atoms with Crippen LogP contribution in [0, 0.1) is 0 Å². The second-order valence-corrected chi connectivity index (χ2v) is 3.63. The summed E-state index contributed by atoms with van der Waals surface area (Å²) in [4.78, 5) is 12.4. The van der Waals surface area contributed by atoms with Gasteiger partial charge in [0, 0.05) is 12.6 Å². The van der Waals surface area contributed by atoms with Crippen molar-refractivity contribution in [2.75, 3.05) is 13.1 Å². The van der Waals surface area contributed by atoms with Gasteiger partial charge in [0.05, 0.1) is 12.5 Å². The summed E-state index contributed by atoms with van der Waals surface area (Å²) in [5.74, 6) is -0.767. The standard InChI is InChI=1S/C9H17NO3/c1-7(11)8-3-2-5-10(8)6-4-9(12)13/h7-8,11H,2-6H2,1H3,(H,12,13)/t7-,8+/m0/s1. The van der Waals surface area contributed by atoms with Crippen LogP contribution in [0.4, 0.5) is 0 Å². The van der Waals surface area contributed by atoms with Crippen molar-refractivity contribution in [1.82, 2.24) is 4.90 Å². The van der Waals surface area contributed by atoms with E-state index in [0.717, 1.165) is 19.4 Å². The van der Waals surface area contributed by atoms with Gasteiger partial charge in [-0.15, -0.1) is 0 Å². The zero-order chi connectivity index (χ0) is 9.84. The molecule has 0 spiro atoms. The first kappa shape index (κ1) is 10.5. The molecule has 0 aromatic heterocycles. The lowest BCUT2D eigenvalue weighted by atomic mass is 10.1. The maximum absolute atomic E-state index is 10.3. The molecule has 1 rings (SSSR count). The van der Waals surface area contributed by atoms with Crippen LogP contribution in [0.25, 0.3) is 0 Å². The highest BCUT2D eigenvalue weighted by molar-refractivity contribution is 5.66. The van der Waals surface area contributed by atoms with E-state index < -0.39 is 5.97 Å². The fourth-order valence-electron chi connectivity index (χ4n) is 1.92. The molecule has 4 heteroatoms. The molecular formula is C9H17NO3. The molecule has 1 aliphatic heterocycles. The summed E-state index contributed by atoms with van der Waals surface area (Å²) in [7, 11) is 0. The van der Waals surface area contributed by atoms with Crippen LogP contribution in [0.3, 0.4) is 0 Å². The molecule has 0 aliphatic carbocycles. The number of hydrogen-bond donors (Lipinski definition) is 2. The van der Waals surface area contributed by atoms with Gasteiger partial charge in [-0.1, -0.05) is 0 Å². The van der Waals surface area contributed by atoms with Crippen LogP contribution in [0.1, 0.15) is 26.2 Å². The Bertz CT molecular complexity index is 182. The quantitative estimate of drug-likeness (QED) is 0.665. The number of aliphatic hydroxyl groups excluding tert-OH is 1. The number of aliphatic carboxylic acids is 1. The number of hydrogen-bond acceptors (Lipinski definition) is 3. The van der Waals surface area contributed by atoms with Crippen LogP contribution in [0.2, 0.25) is 0 Å². The lowest BCUT2D eigenvalue weighted by Gasteiger charge is -2.25. The van der Waals surface area contributed by atoms with E-state index >= 15 is 0 Å². The number of aliphatic hydroxyl groups is 1. The Labute approximate surface area is 78.2 Å². The third-order valence-electron chi connectivity index (χ3n) is 2.58. The van der Waals surface area contributed by atoms with Gasteiger partial charge in [-0.25, -0.2) is 0 Å². The summed E-state index contributed by atoms with van der Waals surface area (Å²) in [5.41, 5.74) is 0. The number of likely N-dealkylation sites (tertiary alicyclic amines) is 1. The van der Waals surface area contributed by atoms with Crippen LogP contribution < -0.4 is 0 Å². The first-order chi connectivity index (χ1) is 6.11. The summed E-state index contributed by atoms with van der Waals surface area (Å²) in [5, 5.41) is 17.9. The minimum absolute atomic E-state index is 0.166. The molecule has 1 fully saturated rings. The molecule has 76 valence electrons. The predicted octanol–water partition coefficient (Wildman–Crippen LogP) is 0.306. The van der Waals surface area contributed by atoms with E-state index in [0.29, 0.717) is 6.54 Å². The van der Waals surface area contributed by atoms with Crippen molar-refractivity contribution in [2.24, 2.45) is 0 Å². The van der Waals surface area contributed by atoms with Crippen molar-refractivity contribution >= 4 is 5.97 Å². The molecule has 0 aromatic rings. The lowest BCUT2D eigenvalue weighted by molar-refractivity contribution is -0.137. The van der Waals surface area contributed by atoms with Crippen LogP contribution in [0.15, 0.2) is 0 Å². The van der Waals surface area contributed by atoms with E-state index in [4.69, 9.17) is 5.11 Å². The van der Waals surface area contributed by atoms with E-state index in [1.54, 1.807) is 6.92 Å². The van der Waals surface area contributed by atoms with Crippen LogP contribution in [-0.4, -0.2) is 46.3 Å². The zero-order valence-corrected chi connectivity index (χ0v) is 7.94. The van der Waals surface area contributed by atoms with E-state index in [9.17, 15) is 9.90 Å². The molecule has 4 nitrogen and oxygen atoms in total. The van der Waals surface area contributed by atoms with Gasteiger partial charge in [0.25, 0.3) is 0 Å².